The monoisotopic (exact) mass is 232 g/mol. The normalized spacial score (nSPS) is 9.17. The van der Waals surface area contributed by atoms with Crippen molar-refractivity contribution in [1.82, 2.24) is 4.98 Å². The number of nitrogens with one attached hydrogen (secondary N) is 1. The third-order valence-electron chi connectivity index (χ3n) is 2.70. The van der Waals surface area contributed by atoms with Crippen molar-refractivity contribution >= 4 is 16.5 Å². The van der Waals surface area contributed by atoms with E-state index in [0.717, 1.165) is 16.5 Å². The Hall–Kier alpha value is -3.03. The molecule has 2 aromatic rings. The standard InChI is InChI=1S/C14H8N4/c15-6-5-11(10(7-16)8-17)13-9-18-14-4-2-1-3-12(13)14/h1-4,9,18H,5H2. The van der Waals surface area contributed by atoms with Gasteiger partial charge >= 0.3 is 0 Å². The zero-order valence-electron chi connectivity index (χ0n) is 9.44. The zero-order valence-corrected chi connectivity index (χ0v) is 9.44. The third-order valence-corrected chi connectivity index (χ3v) is 2.70. The molecule has 0 radical (unpaired) electrons. The maximum Gasteiger partial charge on any atom is 0.134 e. The molecule has 4 heteroatoms. The molecule has 18 heavy (non-hydrogen) atoms. The molecule has 0 aliphatic heterocycles. The first-order valence-corrected chi connectivity index (χ1v) is 5.28. The SMILES string of the molecule is N#CCC(=C(C#N)C#N)c1c[nH]c2ccccc12. The molecule has 0 amide bonds. The van der Waals surface area contributed by atoms with Crippen molar-refractivity contribution in [3.63, 3.8) is 0 Å². The van der Waals surface area contributed by atoms with E-state index in [2.05, 4.69) is 4.98 Å². The number of hydrogen-bond acceptors (Lipinski definition) is 3. The molecule has 1 heterocycles. The van der Waals surface area contributed by atoms with Crippen molar-refractivity contribution in [2.24, 2.45) is 0 Å². The summed E-state index contributed by atoms with van der Waals surface area (Å²) in [4.78, 5) is 3.07. The summed E-state index contributed by atoms with van der Waals surface area (Å²) in [5, 5.41) is 27.6. The van der Waals surface area contributed by atoms with E-state index in [4.69, 9.17) is 15.8 Å². The average Bonchev–Trinajstić information content (AvgIpc) is 2.83. The molecule has 0 saturated carbocycles. The Kier molecular flexibility index (Phi) is 3.10. The fourth-order valence-electron chi connectivity index (χ4n) is 1.88. The van der Waals surface area contributed by atoms with Crippen LogP contribution >= 0.6 is 0 Å². The van der Waals surface area contributed by atoms with E-state index in [-0.39, 0.29) is 12.0 Å². The lowest BCUT2D eigenvalue weighted by atomic mass is 9.98. The predicted octanol–water partition coefficient (Wildman–Crippen LogP) is 2.88. The van der Waals surface area contributed by atoms with E-state index < -0.39 is 0 Å². The second kappa shape index (κ2) is 4.87. The van der Waals surface area contributed by atoms with Gasteiger partial charge in [-0.05, 0) is 6.07 Å². The van der Waals surface area contributed by atoms with Crippen LogP contribution in [0.15, 0.2) is 36.0 Å². The van der Waals surface area contributed by atoms with Crippen molar-refractivity contribution < 1.29 is 0 Å². The second-order valence-corrected chi connectivity index (χ2v) is 3.66. The van der Waals surface area contributed by atoms with Crippen LogP contribution in [0.25, 0.3) is 16.5 Å². The molecule has 4 nitrogen and oxygen atoms in total. The van der Waals surface area contributed by atoms with Gasteiger partial charge < -0.3 is 4.98 Å². The van der Waals surface area contributed by atoms with Crippen LogP contribution in [0.2, 0.25) is 0 Å². The molecular weight excluding hydrogens is 224 g/mol. The van der Waals surface area contributed by atoms with E-state index >= 15 is 0 Å². The molecule has 0 atom stereocenters. The first kappa shape index (κ1) is 11.5. The van der Waals surface area contributed by atoms with Crippen molar-refractivity contribution in [3.05, 3.63) is 41.6 Å². The first-order chi connectivity index (χ1) is 8.81. The summed E-state index contributed by atoms with van der Waals surface area (Å²) in [5.74, 6) is 0. The molecule has 0 fully saturated rings. The van der Waals surface area contributed by atoms with Crippen molar-refractivity contribution in [2.45, 2.75) is 6.42 Å². The minimum atomic E-state index is -0.0127. The highest BCUT2D eigenvalue weighted by Gasteiger charge is 2.13. The number of hydrogen-bond donors (Lipinski definition) is 1. The van der Waals surface area contributed by atoms with Crippen molar-refractivity contribution in [2.75, 3.05) is 0 Å². The number of aromatic nitrogens is 1. The Bertz CT molecular complexity index is 728. The Balaban J connectivity index is 2.73. The summed E-state index contributed by atoms with van der Waals surface area (Å²) in [5.41, 5.74) is 2.12. The van der Waals surface area contributed by atoms with Crippen LogP contribution in [0, 0.1) is 34.0 Å². The van der Waals surface area contributed by atoms with Crippen LogP contribution in [-0.4, -0.2) is 4.98 Å². The Morgan fingerprint density at radius 1 is 1.11 bits per heavy atom. The maximum absolute atomic E-state index is 8.94. The molecule has 1 N–H and O–H groups in total. The lowest BCUT2D eigenvalue weighted by molar-refractivity contribution is 1.34. The number of allylic oxidation sites excluding steroid dienone is 2. The van der Waals surface area contributed by atoms with Gasteiger partial charge in [0, 0.05) is 28.2 Å². The summed E-state index contributed by atoms with van der Waals surface area (Å²) in [6.45, 7) is 0. The average molecular weight is 232 g/mol. The van der Waals surface area contributed by atoms with Gasteiger partial charge in [0.25, 0.3) is 0 Å². The zero-order chi connectivity index (χ0) is 13.0. The van der Waals surface area contributed by atoms with Gasteiger partial charge in [0.2, 0.25) is 0 Å². The Morgan fingerprint density at radius 3 is 2.50 bits per heavy atom. The molecular formula is C14H8N4. The van der Waals surface area contributed by atoms with E-state index in [0.29, 0.717) is 5.57 Å². The largest absolute Gasteiger partial charge is 0.361 e. The molecule has 0 saturated heterocycles. The van der Waals surface area contributed by atoms with E-state index in [1.807, 2.05) is 42.5 Å². The number of H-pyrrole nitrogens is 1. The summed E-state index contributed by atoms with van der Waals surface area (Å²) >= 11 is 0. The van der Waals surface area contributed by atoms with Crippen molar-refractivity contribution in [1.29, 1.82) is 15.8 Å². The van der Waals surface area contributed by atoms with Crippen LogP contribution in [-0.2, 0) is 0 Å². The Labute approximate surface area is 104 Å². The molecule has 0 unspecified atom stereocenters. The molecule has 1 aromatic carbocycles. The van der Waals surface area contributed by atoms with Gasteiger partial charge in [-0.1, -0.05) is 18.2 Å². The summed E-state index contributed by atoms with van der Waals surface area (Å²) in [6, 6.07) is 13.3. The van der Waals surface area contributed by atoms with Crippen LogP contribution in [0.5, 0.6) is 0 Å². The third kappa shape index (κ3) is 1.82. The van der Waals surface area contributed by atoms with E-state index in [9.17, 15) is 0 Å². The summed E-state index contributed by atoms with van der Waals surface area (Å²) in [6.07, 6.45) is 1.77. The number of rotatable bonds is 2. The van der Waals surface area contributed by atoms with Gasteiger partial charge in [0.05, 0.1) is 12.5 Å². The van der Waals surface area contributed by atoms with Crippen LogP contribution < -0.4 is 0 Å². The van der Waals surface area contributed by atoms with Gasteiger partial charge in [0.15, 0.2) is 0 Å². The lowest BCUT2D eigenvalue weighted by Gasteiger charge is -2.01. The van der Waals surface area contributed by atoms with E-state index in [1.165, 1.54) is 0 Å². The molecule has 0 spiro atoms. The van der Waals surface area contributed by atoms with Crippen LogP contribution in [0.3, 0.4) is 0 Å². The van der Waals surface area contributed by atoms with Gasteiger partial charge in [-0.25, -0.2) is 0 Å². The van der Waals surface area contributed by atoms with Gasteiger partial charge in [-0.2, -0.15) is 15.8 Å². The molecule has 0 bridgehead atoms. The highest BCUT2D eigenvalue weighted by Crippen LogP contribution is 2.28. The maximum atomic E-state index is 8.94. The molecule has 0 aliphatic carbocycles. The first-order valence-electron chi connectivity index (χ1n) is 5.28. The lowest BCUT2D eigenvalue weighted by Crippen LogP contribution is -1.87. The number of nitrogens with zero attached hydrogens (tertiary/aromatic N) is 3. The highest BCUT2D eigenvalue weighted by atomic mass is 14.7. The predicted molar refractivity (Wildman–Crippen MR) is 66.7 cm³/mol. The van der Waals surface area contributed by atoms with Crippen LogP contribution in [0.1, 0.15) is 12.0 Å². The van der Waals surface area contributed by atoms with Gasteiger partial charge in [-0.3, -0.25) is 0 Å². The number of benzene rings is 1. The smallest absolute Gasteiger partial charge is 0.134 e. The fraction of sp³-hybridized carbons (Fsp3) is 0.0714. The van der Waals surface area contributed by atoms with Crippen molar-refractivity contribution in [3.8, 4) is 18.2 Å². The topological polar surface area (TPSA) is 87.2 Å². The number of para-hydroxylation sites is 1. The summed E-state index contributed by atoms with van der Waals surface area (Å²) < 4.78 is 0. The molecule has 0 aliphatic rings. The minimum Gasteiger partial charge on any atom is -0.361 e. The highest BCUT2D eigenvalue weighted by molar-refractivity contribution is 5.95. The fourth-order valence-corrected chi connectivity index (χ4v) is 1.88. The quantitative estimate of drug-likeness (QED) is 0.807. The van der Waals surface area contributed by atoms with E-state index in [1.54, 1.807) is 6.20 Å². The Morgan fingerprint density at radius 2 is 1.83 bits per heavy atom. The van der Waals surface area contributed by atoms with Gasteiger partial charge in [-0.15, -0.1) is 0 Å². The number of fused-ring (bicyclic) bond motifs is 1. The second-order valence-electron chi connectivity index (χ2n) is 3.66. The summed E-state index contributed by atoms with van der Waals surface area (Å²) in [7, 11) is 0. The number of nitriles is 3. The molecule has 2 rings (SSSR count). The molecule has 1 aromatic heterocycles. The number of aromatic amines is 1. The van der Waals surface area contributed by atoms with Crippen LogP contribution in [0.4, 0.5) is 0 Å². The minimum absolute atomic E-state index is 0.0127. The molecule has 84 valence electrons. The van der Waals surface area contributed by atoms with Gasteiger partial charge in [0.1, 0.15) is 17.7 Å².